The molecule has 1 aromatic carbocycles. The Hall–Kier alpha value is -2.81. The summed E-state index contributed by atoms with van der Waals surface area (Å²) in [5, 5.41) is 9.91. The van der Waals surface area contributed by atoms with Gasteiger partial charge < -0.3 is 9.80 Å². The molecule has 2 aliphatic rings. The van der Waals surface area contributed by atoms with E-state index in [0.29, 0.717) is 37.3 Å². The molecule has 0 radical (unpaired) electrons. The summed E-state index contributed by atoms with van der Waals surface area (Å²) in [6, 6.07) is 6.65. The Morgan fingerprint density at radius 2 is 1.65 bits per heavy atom. The molecule has 134 valence electrons. The summed E-state index contributed by atoms with van der Waals surface area (Å²) in [5.74, 6) is -1.02. The number of aryl methyl sites for hydroxylation is 1. The molecule has 3 amide bonds. The lowest BCUT2D eigenvalue weighted by molar-refractivity contribution is -0.131. The molecule has 0 aliphatic carbocycles. The zero-order valence-electron chi connectivity index (χ0n) is 14.2. The van der Waals surface area contributed by atoms with Crippen LogP contribution in [0.4, 0.5) is 5.13 Å². The number of amides is 3. The summed E-state index contributed by atoms with van der Waals surface area (Å²) in [7, 11) is 0. The van der Waals surface area contributed by atoms with Crippen molar-refractivity contribution >= 4 is 34.2 Å². The molecule has 0 atom stereocenters. The van der Waals surface area contributed by atoms with Gasteiger partial charge in [0.25, 0.3) is 11.8 Å². The second kappa shape index (κ2) is 6.49. The average molecular weight is 371 g/mol. The van der Waals surface area contributed by atoms with Gasteiger partial charge in [-0.3, -0.25) is 19.3 Å². The van der Waals surface area contributed by atoms with Gasteiger partial charge >= 0.3 is 0 Å². The van der Waals surface area contributed by atoms with Crippen molar-refractivity contribution in [2.45, 2.75) is 6.92 Å². The van der Waals surface area contributed by atoms with Crippen molar-refractivity contribution in [1.82, 2.24) is 20.0 Å². The van der Waals surface area contributed by atoms with E-state index in [1.165, 1.54) is 11.3 Å². The van der Waals surface area contributed by atoms with Crippen molar-refractivity contribution in [2.75, 3.05) is 37.6 Å². The highest BCUT2D eigenvalue weighted by Crippen LogP contribution is 2.23. The van der Waals surface area contributed by atoms with Gasteiger partial charge in [0.15, 0.2) is 0 Å². The number of anilines is 1. The van der Waals surface area contributed by atoms with Crippen LogP contribution in [0.15, 0.2) is 24.3 Å². The van der Waals surface area contributed by atoms with E-state index in [4.69, 9.17) is 0 Å². The van der Waals surface area contributed by atoms with Gasteiger partial charge in [0, 0.05) is 26.2 Å². The molecule has 0 N–H and O–H groups in total. The zero-order chi connectivity index (χ0) is 18.3. The smallest absolute Gasteiger partial charge is 0.262 e. The maximum absolute atomic E-state index is 12.6. The predicted octanol–water partition coefficient (Wildman–Crippen LogP) is 0.791. The number of carbonyl (C=O) groups is 3. The third kappa shape index (κ3) is 2.84. The van der Waals surface area contributed by atoms with Gasteiger partial charge in [0.1, 0.15) is 11.6 Å². The van der Waals surface area contributed by atoms with E-state index in [1.54, 1.807) is 29.2 Å². The van der Waals surface area contributed by atoms with Gasteiger partial charge in [-0.2, -0.15) is 0 Å². The molecular weight excluding hydrogens is 354 g/mol. The lowest BCUT2D eigenvalue weighted by Crippen LogP contribution is -2.51. The fraction of sp³-hybridized carbons (Fsp3) is 0.353. The first-order chi connectivity index (χ1) is 12.5. The van der Waals surface area contributed by atoms with Gasteiger partial charge in [-0.05, 0) is 19.1 Å². The van der Waals surface area contributed by atoms with Gasteiger partial charge in [0.05, 0.1) is 11.1 Å². The minimum Gasteiger partial charge on any atom is -0.343 e. The lowest BCUT2D eigenvalue weighted by Gasteiger charge is -2.34. The van der Waals surface area contributed by atoms with Gasteiger partial charge in [-0.15, -0.1) is 10.2 Å². The number of benzene rings is 1. The van der Waals surface area contributed by atoms with E-state index in [0.717, 1.165) is 15.0 Å². The number of rotatable bonds is 3. The molecule has 0 bridgehead atoms. The number of imide groups is 1. The van der Waals surface area contributed by atoms with Crippen LogP contribution >= 0.6 is 11.3 Å². The van der Waals surface area contributed by atoms with Crippen molar-refractivity contribution in [1.29, 1.82) is 0 Å². The molecule has 26 heavy (non-hydrogen) atoms. The standard InChI is InChI=1S/C17H17N5O3S/c1-11-18-19-17(26-11)21-8-6-20(7-9-21)14(23)10-22-15(24)12-4-2-3-5-13(12)16(22)25/h2-5H,6-10H2,1H3. The molecule has 0 saturated carbocycles. The summed E-state index contributed by atoms with van der Waals surface area (Å²) in [4.78, 5) is 42.2. The normalized spacial score (nSPS) is 17.0. The quantitative estimate of drug-likeness (QED) is 0.742. The first-order valence-corrected chi connectivity index (χ1v) is 9.14. The Balaban J connectivity index is 1.38. The maximum atomic E-state index is 12.6. The highest BCUT2D eigenvalue weighted by Gasteiger charge is 2.37. The van der Waals surface area contributed by atoms with Crippen molar-refractivity contribution in [3.63, 3.8) is 0 Å². The molecule has 1 fully saturated rings. The molecule has 0 spiro atoms. The number of hydrogen-bond acceptors (Lipinski definition) is 7. The summed E-state index contributed by atoms with van der Waals surface area (Å²) < 4.78 is 0. The van der Waals surface area contributed by atoms with Crippen LogP contribution in [-0.4, -0.2) is 70.4 Å². The molecule has 2 aromatic rings. The van der Waals surface area contributed by atoms with Crippen molar-refractivity contribution < 1.29 is 14.4 Å². The molecule has 3 heterocycles. The highest BCUT2D eigenvalue weighted by molar-refractivity contribution is 7.15. The van der Waals surface area contributed by atoms with Crippen molar-refractivity contribution in [2.24, 2.45) is 0 Å². The summed E-state index contributed by atoms with van der Waals surface area (Å²) in [6.45, 7) is 4.06. The van der Waals surface area contributed by atoms with E-state index in [1.807, 2.05) is 6.92 Å². The lowest BCUT2D eigenvalue weighted by atomic mass is 10.1. The van der Waals surface area contributed by atoms with Crippen LogP contribution in [0.5, 0.6) is 0 Å². The average Bonchev–Trinajstić information content (AvgIpc) is 3.20. The van der Waals surface area contributed by atoms with Gasteiger partial charge in [-0.1, -0.05) is 23.5 Å². The topological polar surface area (TPSA) is 86.7 Å². The van der Waals surface area contributed by atoms with Crippen LogP contribution in [0.25, 0.3) is 0 Å². The summed E-state index contributed by atoms with van der Waals surface area (Å²) >= 11 is 1.53. The van der Waals surface area contributed by atoms with Gasteiger partial charge in [0.2, 0.25) is 11.0 Å². The number of hydrogen-bond donors (Lipinski definition) is 0. The Morgan fingerprint density at radius 1 is 1.04 bits per heavy atom. The first kappa shape index (κ1) is 16.6. The van der Waals surface area contributed by atoms with E-state index < -0.39 is 11.8 Å². The van der Waals surface area contributed by atoms with Crippen LogP contribution in [0.2, 0.25) is 0 Å². The zero-order valence-corrected chi connectivity index (χ0v) is 15.0. The Kier molecular flexibility index (Phi) is 4.15. The number of aromatic nitrogens is 2. The molecule has 1 saturated heterocycles. The fourth-order valence-corrected chi connectivity index (χ4v) is 3.92. The fourth-order valence-electron chi connectivity index (χ4n) is 3.18. The highest BCUT2D eigenvalue weighted by atomic mass is 32.1. The molecule has 1 aromatic heterocycles. The molecule has 8 nitrogen and oxygen atoms in total. The van der Waals surface area contributed by atoms with Crippen LogP contribution < -0.4 is 4.90 Å². The number of fused-ring (bicyclic) bond motifs is 1. The number of nitrogens with zero attached hydrogens (tertiary/aromatic N) is 5. The molecule has 0 unspecified atom stereocenters. The molecular formula is C17H17N5O3S. The van der Waals surface area contributed by atoms with E-state index in [9.17, 15) is 14.4 Å². The minimum absolute atomic E-state index is 0.215. The monoisotopic (exact) mass is 371 g/mol. The SMILES string of the molecule is Cc1nnc(N2CCN(C(=O)CN3C(=O)c4ccccc4C3=O)CC2)s1. The Morgan fingerprint density at radius 3 is 2.19 bits per heavy atom. The maximum Gasteiger partial charge on any atom is 0.262 e. The second-order valence-electron chi connectivity index (χ2n) is 6.21. The van der Waals surface area contributed by atoms with Crippen molar-refractivity contribution in [3.05, 3.63) is 40.4 Å². The number of piperazine rings is 1. The summed E-state index contributed by atoms with van der Waals surface area (Å²) in [5.41, 5.74) is 0.725. The summed E-state index contributed by atoms with van der Waals surface area (Å²) in [6.07, 6.45) is 0. The van der Waals surface area contributed by atoms with Crippen LogP contribution in [0, 0.1) is 6.92 Å². The van der Waals surface area contributed by atoms with Crippen LogP contribution in [0.1, 0.15) is 25.7 Å². The van der Waals surface area contributed by atoms with Gasteiger partial charge in [-0.25, -0.2) is 0 Å². The number of carbonyl (C=O) groups excluding carboxylic acids is 3. The Bertz CT molecular complexity index is 853. The van der Waals surface area contributed by atoms with E-state index in [2.05, 4.69) is 15.1 Å². The third-order valence-corrected chi connectivity index (χ3v) is 5.49. The minimum atomic E-state index is -0.401. The molecule has 9 heteroatoms. The third-order valence-electron chi connectivity index (χ3n) is 4.59. The van der Waals surface area contributed by atoms with Crippen LogP contribution in [-0.2, 0) is 4.79 Å². The van der Waals surface area contributed by atoms with E-state index >= 15 is 0 Å². The second-order valence-corrected chi connectivity index (χ2v) is 7.37. The largest absolute Gasteiger partial charge is 0.343 e. The van der Waals surface area contributed by atoms with E-state index in [-0.39, 0.29) is 12.5 Å². The molecule has 2 aliphatic heterocycles. The molecule has 4 rings (SSSR count). The van der Waals surface area contributed by atoms with Crippen molar-refractivity contribution in [3.8, 4) is 0 Å². The predicted molar refractivity (Wildman–Crippen MR) is 95.2 cm³/mol. The Labute approximate surface area is 154 Å². The first-order valence-electron chi connectivity index (χ1n) is 8.32. The van der Waals surface area contributed by atoms with Crippen LogP contribution in [0.3, 0.4) is 0 Å².